The molecule has 0 bridgehead atoms. The SMILES string of the molecule is Nc1cnc(CO)s1. The minimum atomic E-state index is -0.0120. The number of thiazole rings is 1. The number of aromatic nitrogens is 1. The monoisotopic (exact) mass is 130 g/mol. The van der Waals surface area contributed by atoms with Gasteiger partial charge < -0.3 is 10.8 Å². The summed E-state index contributed by atoms with van der Waals surface area (Å²) in [5, 5.41) is 9.76. The van der Waals surface area contributed by atoms with E-state index in [0.29, 0.717) is 10.0 Å². The fraction of sp³-hybridized carbons (Fsp3) is 0.250. The van der Waals surface area contributed by atoms with E-state index in [1.165, 1.54) is 17.5 Å². The molecular weight excluding hydrogens is 124 g/mol. The minimum absolute atomic E-state index is 0.0120. The van der Waals surface area contributed by atoms with Crippen LogP contribution in [0.3, 0.4) is 0 Å². The molecule has 0 fully saturated rings. The Balaban J connectivity index is 2.84. The largest absolute Gasteiger partial charge is 0.389 e. The number of nitrogens with zero attached hydrogens (tertiary/aromatic N) is 1. The molecule has 0 spiro atoms. The molecule has 0 atom stereocenters. The summed E-state index contributed by atoms with van der Waals surface area (Å²) in [6.07, 6.45) is 1.54. The minimum Gasteiger partial charge on any atom is -0.389 e. The lowest BCUT2D eigenvalue weighted by Crippen LogP contribution is -1.75. The molecule has 0 unspecified atom stereocenters. The summed E-state index contributed by atoms with van der Waals surface area (Å²) < 4.78 is 0. The van der Waals surface area contributed by atoms with Crippen LogP contribution in [0.5, 0.6) is 0 Å². The average molecular weight is 130 g/mol. The van der Waals surface area contributed by atoms with E-state index >= 15 is 0 Å². The molecule has 0 amide bonds. The van der Waals surface area contributed by atoms with E-state index in [4.69, 9.17) is 10.8 Å². The third kappa shape index (κ3) is 0.962. The molecule has 0 aliphatic rings. The van der Waals surface area contributed by atoms with Crippen molar-refractivity contribution < 1.29 is 5.11 Å². The number of aliphatic hydroxyl groups is 1. The summed E-state index contributed by atoms with van der Waals surface area (Å²) in [5.74, 6) is 0. The molecule has 0 aliphatic carbocycles. The summed E-state index contributed by atoms with van der Waals surface area (Å²) >= 11 is 1.30. The predicted octanol–water partition coefficient (Wildman–Crippen LogP) is 0.218. The van der Waals surface area contributed by atoms with E-state index < -0.39 is 0 Å². The van der Waals surface area contributed by atoms with Crippen LogP contribution in [0, 0.1) is 0 Å². The van der Waals surface area contributed by atoms with Gasteiger partial charge >= 0.3 is 0 Å². The molecular formula is C4H6N2OS. The van der Waals surface area contributed by atoms with Crippen LogP contribution in [0.2, 0.25) is 0 Å². The normalized spacial score (nSPS) is 9.62. The zero-order chi connectivity index (χ0) is 5.98. The molecule has 44 valence electrons. The predicted molar refractivity (Wildman–Crippen MR) is 32.4 cm³/mol. The first kappa shape index (κ1) is 5.53. The topological polar surface area (TPSA) is 59.1 Å². The van der Waals surface area contributed by atoms with Gasteiger partial charge in [0.2, 0.25) is 0 Å². The Morgan fingerprint density at radius 3 is 2.88 bits per heavy atom. The Kier molecular flexibility index (Phi) is 1.45. The average Bonchev–Trinajstić information content (AvgIpc) is 2.14. The van der Waals surface area contributed by atoms with Crippen molar-refractivity contribution in [1.29, 1.82) is 0 Å². The second-order valence-electron chi connectivity index (χ2n) is 1.31. The number of hydrogen-bond acceptors (Lipinski definition) is 4. The Morgan fingerprint density at radius 1 is 1.88 bits per heavy atom. The Hall–Kier alpha value is -0.610. The molecule has 0 aliphatic heterocycles. The van der Waals surface area contributed by atoms with E-state index in [2.05, 4.69) is 4.98 Å². The van der Waals surface area contributed by atoms with Gasteiger partial charge in [-0.05, 0) is 0 Å². The molecule has 1 aromatic heterocycles. The molecule has 1 rings (SSSR count). The number of anilines is 1. The molecule has 1 heterocycles. The quantitative estimate of drug-likeness (QED) is 0.571. The highest BCUT2D eigenvalue weighted by molar-refractivity contribution is 7.15. The van der Waals surface area contributed by atoms with E-state index in [1.807, 2.05) is 0 Å². The molecule has 4 heteroatoms. The highest BCUT2D eigenvalue weighted by atomic mass is 32.1. The lowest BCUT2D eigenvalue weighted by molar-refractivity contribution is 0.281. The van der Waals surface area contributed by atoms with Crippen LogP contribution in [-0.4, -0.2) is 10.1 Å². The van der Waals surface area contributed by atoms with Gasteiger partial charge in [-0.1, -0.05) is 11.3 Å². The van der Waals surface area contributed by atoms with Gasteiger partial charge in [0.1, 0.15) is 10.0 Å². The van der Waals surface area contributed by atoms with Crippen LogP contribution in [0.4, 0.5) is 5.00 Å². The van der Waals surface area contributed by atoms with Crippen molar-refractivity contribution in [2.45, 2.75) is 6.61 Å². The maximum atomic E-state index is 8.44. The maximum absolute atomic E-state index is 8.44. The number of hydrogen-bond donors (Lipinski definition) is 2. The van der Waals surface area contributed by atoms with Crippen LogP contribution < -0.4 is 5.73 Å². The van der Waals surface area contributed by atoms with Gasteiger partial charge in [-0.3, -0.25) is 0 Å². The van der Waals surface area contributed by atoms with Crippen LogP contribution in [-0.2, 0) is 6.61 Å². The summed E-state index contributed by atoms with van der Waals surface area (Å²) in [5.41, 5.74) is 5.30. The van der Waals surface area contributed by atoms with Gasteiger partial charge in [0, 0.05) is 0 Å². The Bertz CT molecular complexity index is 174. The zero-order valence-corrected chi connectivity index (χ0v) is 4.98. The molecule has 3 nitrogen and oxygen atoms in total. The number of nitrogens with two attached hydrogens (primary N) is 1. The van der Waals surface area contributed by atoms with Gasteiger partial charge in [0.15, 0.2) is 0 Å². The molecule has 8 heavy (non-hydrogen) atoms. The standard InChI is InChI=1S/C4H6N2OS/c5-3-1-6-4(2-7)8-3/h1,7H,2,5H2. The second kappa shape index (κ2) is 2.11. The van der Waals surface area contributed by atoms with Gasteiger partial charge in [-0.25, -0.2) is 4.98 Å². The van der Waals surface area contributed by atoms with Crippen LogP contribution >= 0.6 is 11.3 Å². The van der Waals surface area contributed by atoms with Crippen molar-refractivity contribution >= 4 is 16.3 Å². The summed E-state index contributed by atoms with van der Waals surface area (Å²) in [4.78, 5) is 3.78. The van der Waals surface area contributed by atoms with E-state index in [1.54, 1.807) is 0 Å². The number of rotatable bonds is 1. The highest BCUT2D eigenvalue weighted by Gasteiger charge is 1.93. The van der Waals surface area contributed by atoms with Gasteiger partial charge in [-0.2, -0.15) is 0 Å². The van der Waals surface area contributed by atoms with Gasteiger partial charge in [0.05, 0.1) is 12.8 Å². The fourth-order valence-electron chi connectivity index (χ4n) is 0.397. The summed E-state index contributed by atoms with van der Waals surface area (Å²) in [6, 6.07) is 0. The highest BCUT2D eigenvalue weighted by Crippen LogP contribution is 2.13. The fourth-order valence-corrected chi connectivity index (χ4v) is 0.945. The first-order valence-corrected chi connectivity index (χ1v) is 2.95. The molecule has 0 saturated heterocycles. The lowest BCUT2D eigenvalue weighted by atomic mass is 10.7. The molecule has 0 aromatic carbocycles. The van der Waals surface area contributed by atoms with Crippen molar-refractivity contribution in [1.82, 2.24) is 4.98 Å². The van der Waals surface area contributed by atoms with Crippen molar-refractivity contribution in [2.24, 2.45) is 0 Å². The van der Waals surface area contributed by atoms with E-state index in [0.717, 1.165) is 0 Å². The third-order valence-electron chi connectivity index (χ3n) is 0.707. The van der Waals surface area contributed by atoms with Crippen molar-refractivity contribution in [3.05, 3.63) is 11.2 Å². The summed E-state index contributed by atoms with van der Waals surface area (Å²) in [6.45, 7) is -0.0120. The Labute approximate surface area is 50.8 Å². The first-order chi connectivity index (χ1) is 3.83. The van der Waals surface area contributed by atoms with Gasteiger partial charge in [0.25, 0.3) is 0 Å². The maximum Gasteiger partial charge on any atom is 0.120 e. The van der Waals surface area contributed by atoms with Crippen LogP contribution in [0.15, 0.2) is 6.20 Å². The molecule has 1 aromatic rings. The summed E-state index contributed by atoms with van der Waals surface area (Å²) in [7, 11) is 0. The molecule has 3 N–H and O–H groups in total. The van der Waals surface area contributed by atoms with E-state index in [-0.39, 0.29) is 6.61 Å². The van der Waals surface area contributed by atoms with Gasteiger partial charge in [-0.15, -0.1) is 0 Å². The first-order valence-electron chi connectivity index (χ1n) is 2.14. The molecule has 0 saturated carbocycles. The van der Waals surface area contributed by atoms with Crippen molar-refractivity contribution in [3.63, 3.8) is 0 Å². The molecule has 0 radical (unpaired) electrons. The number of nitrogen functional groups attached to an aromatic ring is 1. The van der Waals surface area contributed by atoms with Crippen molar-refractivity contribution in [3.8, 4) is 0 Å². The lowest BCUT2D eigenvalue weighted by Gasteiger charge is -1.78. The van der Waals surface area contributed by atoms with Crippen molar-refractivity contribution in [2.75, 3.05) is 5.73 Å². The van der Waals surface area contributed by atoms with Crippen LogP contribution in [0.1, 0.15) is 5.01 Å². The zero-order valence-electron chi connectivity index (χ0n) is 4.16. The second-order valence-corrected chi connectivity index (χ2v) is 2.46. The van der Waals surface area contributed by atoms with Crippen LogP contribution in [0.25, 0.3) is 0 Å². The van der Waals surface area contributed by atoms with E-state index in [9.17, 15) is 0 Å². The number of aliphatic hydroxyl groups excluding tert-OH is 1. The Morgan fingerprint density at radius 2 is 2.62 bits per heavy atom. The third-order valence-corrected chi connectivity index (χ3v) is 1.52. The smallest absolute Gasteiger partial charge is 0.120 e.